The minimum atomic E-state index is 0.753. The van der Waals surface area contributed by atoms with E-state index in [2.05, 4.69) is 62.7 Å². The van der Waals surface area contributed by atoms with Gasteiger partial charge in [0.25, 0.3) is 0 Å². The Bertz CT molecular complexity index is 777. The lowest BCUT2D eigenvalue weighted by atomic mass is 10.1. The molecule has 5 heteroatoms. The molecule has 102 valence electrons. The number of aromatic amines is 1. The quantitative estimate of drug-likeness (QED) is 0.693. The number of aryl methyl sites for hydroxylation is 1. The van der Waals surface area contributed by atoms with Crippen molar-refractivity contribution in [3.05, 3.63) is 39.5 Å². The number of halogens is 1. The summed E-state index contributed by atoms with van der Waals surface area (Å²) in [6.07, 6.45) is 0. The van der Waals surface area contributed by atoms with Crippen LogP contribution < -0.4 is 4.90 Å². The number of pyridine rings is 1. The number of anilines is 1. The van der Waals surface area contributed by atoms with Crippen molar-refractivity contribution >= 4 is 39.6 Å². The van der Waals surface area contributed by atoms with E-state index < -0.39 is 0 Å². The highest BCUT2D eigenvalue weighted by Crippen LogP contribution is 2.27. The molecule has 3 aromatic rings. The lowest BCUT2D eigenvalue weighted by molar-refractivity contribution is 1.08. The van der Waals surface area contributed by atoms with E-state index in [-0.39, 0.29) is 0 Å². The Morgan fingerprint density at radius 2 is 1.90 bits per heavy atom. The third-order valence-corrected chi connectivity index (χ3v) is 4.67. The molecule has 20 heavy (non-hydrogen) atoms. The van der Waals surface area contributed by atoms with Gasteiger partial charge in [0.05, 0.1) is 5.52 Å². The van der Waals surface area contributed by atoms with Crippen LogP contribution in [0.15, 0.2) is 30.3 Å². The van der Waals surface area contributed by atoms with Crippen molar-refractivity contribution in [2.24, 2.45) is 0 Å². The highest BCUT2D eigenvalue weighted by molar-refractivity contribution is 14.1. The molecule has 0 saturated carbocycles. The molecule has 2 aromatic heterocycles. The van der Waals surface area contributed by atoms with Crippen LogP contribution >= 0.6 is 22.6 Å². The van der Waals surface area contributed by atoms with Crippen LogP contribution in [-0.2, 0) is 0 Å². The minimum absolute atomic E-state index is 0.753. The summed E-state index contributed by atoms with van der Waals surface area (Å²) in [5.74, 6) is 1.78. The van der Waals surface area contributed by atoms with Gasteiger partial charge in [-0.2, -0.15) is 0 Å². The molecule has 0 atom stereocenters. The summed E-state index contributed by atoms with van der Waals surface area (Å²) in [6, 6.07) is 10.3. The first-order valence-electron chi connectivity index (χ1n) is 6.36. The maximum absolute atomic E-state index is 4.63. The second-order valence-corrected chi connectivity index (χ2v) is 6.04. The Morgan fingerprint density at radius 3 is 2.65 bits per heavy atom. The zero-order chi connectivity index (χ0) is 14.3. The minimum Gasteiger partial charge on any atom is -0.363 e. The van der Waals surface area contributed by atoms with Crippen LogP contribution in [0.4, 0.5) is 5.82 Å². The molecule has 0 aliphatic rings. The van der Waals surface area contributed by atoms with Crippen molar-refractivity contribution in [2.75, 3.05) is 19.0 Å². The van der Waals surface area contributed by atoms with Crippen molar-refractivity contribution in [3.8, 4) is 11.4 Å². The van der Waals surface area contributed by atoms with Crippen molar-refractivity contribution in [2.45, 2.75) is 6.92 Å². The summed E-state index contributed by atoms with van der Waals surface area (Å²) in [7, 11) is 3.95. The molecular formula is C15H15IN4. The highest BCUT2D eigenvalue weighted by atomic mass is 127. The molecule has 0 fully saturated rings. The van der Waals surface area contributed by atoms with Crippen LogP contribution in [0.1, 0.15) is 5.56 Å². The number of rotatable bonds is 2. The lowest BCUT2D eigenvalue weighted by Gasteiger charge is -2.09. The van der Waals surface area contributed by atoms with Crippen LogP contribution in [0.5, 0.6) is 0 Å². The zero-order valence-corrected chi connectivity index (χ0v) is 13.8. The Morgan fingerprint density at radius 1 is 1.10 bits per heavy atom. The molecule has 0 unspecified atom stereocenters. The number of aromatic nitrogens is 3. The first-order valence-corrected chi connectivity index (χ1v) is 7.43. The van der Waals surface area contributed by atoms with E-state index in [0.29, 0.717) is 0 Å². The second-order valence-electron chi connectivity index (χ2n) is 4.96. The fourth-order valence-electron chi connectivity index (χ4n) is 2.09. The van der Waals surface area contributed by atoms with E-state index in [4.69, 9.17) is 0 Å². The number of imidazole rings is 1. The normalized spacial score (nSPS) is 11.0. The SMILES string of the molecule is Cc1cccc(-c2nc3nc(N(C)C)ccc3[nH]2)c1I. The van der Waals surface area contributed by atoms with E-state index in [0.717, 1.165) is 28.4 Å². The molecule has 3 rings (SSSR count). The summed E-state index contributed by atoms with van der Waals surface area (Å²) < 4.78 is 1.22. The molecule has 2 heterocycles. The molecule has 0 radical (unpaired) electrons. The van der Waals surface area contributed by atoms with Gasteiger partial charge in [0, 0.05) is 23.2 Å². The van der Waals surface area contributed by atoms with E-state index >= 15 is 0 Å². The standard InChI is InChI=1S/C15H15IN4/c1-9-5-4-6-10(13(9)16)14-17-11-7-8-12(20(2)3)18-15(11)19-14/h4-8H,1-3H3,(H,17,18,19). The van der Waals surface area contributed by atoms with Gasteiger partial charge in [-0.25, -0.2) is 9.97 Å². The molecule has 0 amide bonds. The van der Waals surface area contributed by atoms with Gasteiger partial charge in [-0.3, -0.25) is 0 Å². The lowest BCUT2D eigenvalue weighted by Crippen LogP contribution is -2.10. The third kappa shape index (κ3) is 2.26. The summed E-state index contributed by atoms with van der Waals surface area (Å²) >= 11 is 2.36. The largest absolute Gasteiger partial charge is 0.363 e. The van der Waals surface area contributed by atoms with Crippen molar-refractivity contribution in [3.63, 3.8) is 0 Å². The first-order chi connectivity index (χ1) is 9.56. The average Bonchev–Trinajstić information content (AvgIpc) is 2.84. The van der Waals surface area contributed by atoms with Crippen LogP contribution in [-0.4, -0.2) is 29.0 Å². The molecule has 1 N–H and O–H groups in total. The maximum atomic E-state index is 4.63. The van der Waals surface area contributed by atoms with Crippen LogP contribution in [0, 0.1) is 10.5 Å². The molecule has 0 saturated heterocycles. The molecule has 1 aromatic carbocycles. The Hall–Kier alpha value is -1.63. The average molecular weight is 378 g/mol. The van der Waals surface area contributed by atoms with Crippen molar-refractivity contribution in [1.82, 2.24) is 15.0 Å². The second kappa shape index (κ2) is 5.05. The first kappa shape index (κ1) is 13.4. The monoisotopic (exact) mass is 378 g/mol. The predicted octanol–water partition coefficient (Wildman–Crippen LogP) is 3.60. The maximum Gasteiger partial charge on any atom is 0.180 e. The van der Waals surface area contributed by atoms with E-state index in [1.54, 1.807) is 0 Å². The van der Waals surface area contributed by atoms with Gasteiger partial charge in [0.2, 0.25) is 0 Å². The van der Waals surface area contributed by atoms with Gasteiger partial charge in [-0.1, -0.05) is 18.2 Å². The number of H-pyrrole nitrogens is 1. The molecule has 0 aliphatic heterocycles. The van der Waals surface area contributed by atoms with Gasteiger partial charge in [-0.05, 0) is 47.2 Å². The number of hydrogen-bond donors (Lipinski definition) is 1. The zero-order valence-electron chi connectivity index (χ0n) is 11.6. The number of nitrogens with one attached hydrogen (secondary N) is 1. The summed E-state index contributed by atoms with van der Waals surface area (Å²) in [5.41, 5.74) is 4.09. The number of benzene rings is 1. The fourth-order valence-corrected chi connectivity index (χ4v) is 2.70. The molecule has 4 nitrogen and oxygen atoms in total. The molecular weight excluding hydrogens is 363 g/mol. The van der Waals surface area contributed by atoms with Gasteiger partial charge in [0.15, 0.2) is 5.65 Å². The smallest absolute Gasteiger partial charge is 0.180 e. The van der Waals surface area contributed by atoms with Gasteiger partial charge in [0.1, 0.15) is 11.6 Å². The fraction of sp³-hybridized carbons (Fsp3) is 0.200. The van der Waals surface area contributed by atoms with Crippen molar-refractivity contribution < 1.29 is 0 Å². The van der Waals surface area contributed by atoms with Gasteiger partial charge >= 0.3 is 0 Å². The highest BCUT2D eigenvalue weighted by Gasteiger charge is 2.11. The van der Waals surface area contributed by atoms with Crippen LogP contribution in [0.3, 0.4) is 0 Å². The number of fused-ring (bicyclic) bond motifs is 1. The van der Waals surface area contributed by atoms with Gasteiger partial charge in [-0.15, -0.1) is 0 Å². The topological polar surface area (TPSA) is 44.8 Å². The Balaban J connectivity index is 2.15. The molecule has 0 spiro atoms. The summed E-state index contributed by atoms with van der Waals surface area (Å²) in [4.78, 5) is 14.5. The van der Waals surface area contributed by atoms with E-state index in [9.17, 15) is 0 Å². The van der Waals surface area contributed by atoms with Gasteiger partial charge < -0.3 is 9.88 Å². The van der Waals surface area contributed by atoms with Crippen LogP contribution in [0.25, 0.3) is 22.6 Å². The molecule has 0 aliphatic carbocycles. The Kier molecular flexibility index (Phi) is 3.37. The third-order valence-electron chi connectivity index (χ3n) is 3.24. The Labute approximate surface area is 131 Å². The van der Waals surface area contributed by atoms with E-state index in [1.165, 1.54) is 9.13 Å². The van der Waals surface area contributed by atoms with Crippen molar-refractivity contribution in [1.29, 1.82) is 0 Å². The predicted molar refractivity (Wildman–Crippen MR) is 91.1 cm³/mol. The van der Waals surface area contributed by atoms with Crippen LogP contribution in [0.2, 0.25) is 0 Å². The number of hydrogen-bond acceptors (Lipinski definition) is 3. The summed E-state index contributed by atoms with van der Waals surface area (Å²) in [5, 5.41) is 0. The number of nitrogens with zero attached hydrogens (tertiary/aromatic N) is 3. The molecule has 0 bridgehead atoms. The summed E-state index contributed by atoms with van der Waals surface area (Å²) in [6.45, 7) is 2.11. The van der Waals surface area contributed by atoms with E-state index in [1.807, 2.05) is 31.1 Å².